The first-order valence-electron chi connectivity index (χ1n) is 20.5. The molecule has 0 aliphatic heterocycles. The molecule has 0 amide bonds. The van der Waals surface area contributed by atoms with Gasteiger partial charge in [0.25, 0.3) is 0 Å². The molecule has 3 aliphatic carbocycles. The summed E-state index contributed by atoms with van der Waals surface area (Å²) in [5, 5.41) is 21.0. The Labute approximate surface area is 445 Å². The second-order valence-electron chi connectivity index (χ2n) is 19.0. The summed E-state index contributed by atoms with van der Waals surface area (Å²) in [6.45, 7) is 54.3. The zero-order chi connectivity index (χ0) is 45.1. The van der Waals surface area contributed by atoms with Crippen molar-refractivity contribution in [1.29, 1.82) is 0 Å². The van der Waals surface area contributed by atoms with Gasteiger partial charge in [-0.25, -0.2) is 0 Å². The van der Waals surface area contributed by atoms with E-state index in [9.17, 15) is 0 Å². The van der Waals surface area contributed by atoms with Crippen LogP contribution in [0.4, 0.5) is 0 Å². The molecule has 12 heteroatoms. The summed E-state index contributed by atoms with van der Waals surface area (Å²) in [7, 11) is 0.828. The Morgan fingerprint density at radius 1 is 0.419 bits per heavy atom. The third-order valence-corrected chi connectivity index (χ3v) is 18.6. The van der Waals surface area contributed by atoms with Gasteiger partial charge >= 0.3 is 63.2 Å². The first-order chi connectivity index (χ1) is 24.4. The van der Waals surface area contributed by atoms with Crippen LogP contribution in [0.2, 0.25) is 75.5 Å². The van der Waals surface area contributed by atoms with Crippen LogP contribution in [0.3, 0.4) is 0 Å². The van der Waals surface area contributed by atoms with Crippen molar-refractivity contribution >= 4 is 44.6 Å². The largest absolute Gasteiger partial charge is 3.00 e. The van der Waals surface area contributed by atoms with Crippen LogP contribution in [-0.2, 0) is 77.6 Å². The monoisotopic (exact) mass is 1200 g/mol. The molecule has 3 aliphatic rings. The van der Waals surface area contributed by atoms with E-state index in [-0.39, 0.29) is 108 Å². The first-order valence-corrected chi connectivity index (χ1v) is 31.2. The molecule has 0 aromatic carbocycles. The van der Waals surface area contributed by atoms with Crippen LogP contribution in [0, 0.1) is 61.8 Å². The number of hydrogen-bond acceptors (Lipinski definition) is 6. The van der Waals surface area contributed by atoms with Gasteiger partial charge in [-0.3, -0.25) is 20.4 Å². The molecule has 0 heterocycles. The maximum absolute atomic E-state index is 7.75. The number of rotatable bonds is 3. The number of hydrogen-bond donors (Lipinski definition) is 3. The summed E-state index contributed by atoms with van der Waals surface area (Å²) in [5.74, 6) is 1.63. The van der Waals surface area contributed by atoms with E-state index < -0.39 is 24.2 Å². The van der Waals surface area contributed by atoms with E-state index in [1.807, 2.05) is 0 Å². The minimum Gasteiger partial charge on any atom is -0.545 e. The summed E-state index contributed by atoms with van der Waals surface area (Å²) < 4.78 is 0. The smallest absolute Gasteiger partial charge is 0.545 e. The molecule has 0 unspecified atom stereocenters. The maximum atomic E-state index is 7.75. The summed E-state index contributed by atoms with van der Waals surface area (Å²) in [4.78, 5) is 23.2. The zero-order valence-corrected chi connectivity index (χ0v) is 56.6. The van der Waals surface area contributed by atoms with Crippen molar-refractivity contribution in [3.8, 4) is 0 Å². The van der Waals surface area contributed by atoms with Gasteiger partial charge in [-0.2, -0.15) is 0 Å². The maximum Gasteiger partial charge on any atom is 3.00 e. The third-order valence-electron chi connectivity index (χ3n) is 9.47. The molecule has 0 aromatic rings. The van der Waals surface area contributed by atoms with Gasteiger partial charge in [-0.05, 0) is 33.9 Å². The van der Waals surface area contributed by atoms with Gasteiger partial charge in [0, 0.05) is 45.6 Å². The van der Waals surface area contributed by atoms with Crippen molar-refractivity contribution in [2.45, 2.75) is 228 Å². The molecule has 3 rings (SSSR count). The van der Waals surface area contributed by atoms with E-state index in [0.29, 0.717) is 5.41 Å². The van der Waals surface area contributed by atoms with E-state index >= 15 is 0 Å². The summed E-state index contributed by atoms with van der Waals surface area (Å²) >= 11 is 0. The molecule has 3 radical (unpaired) electrons. The van der Waals surface area contributed by atoms with Crippen molar-refractivity contribution in [1.82, 2.24) is 0 Å². The molecule has 6 nitrogen and oxygen atoms in total. The molecular weight excluding hydrogens is 1070 g/mol. The van der Waals surface area contributed by atoms with Gasteiger partial charge in [0.05, 0.1) is 0 Å². The third kappa shape index (κ3) is 104. The van der Waals surface area contributed by atoms with Gasteiger partial charge in [0.1, 0.15) is 0 Å². The van der Waals surface area contributed by atoms with Crippen LogP contribution in [0.5, 0.6) is 0 Å². The Morgan fingerprint density at radius 2 is 0.500 bits per heavy atom. The standard InChI is InChI=1S/3C8H18Si.C7H16.C4H10.C3H8.3CH4O.3CHO.6CH3.3Mo/c3*1-9(2,3)8-6-4-5-7-8;1-6(2)7(3,4)5;1-4(2)3;1-3-2;6*1-2;;;;;;;;;/h3*8H,4-7H2,1-3H3;6H,1-5H3;4H,1-3H3;3H2,1-2H3;3*2H,1H3;3*1H;6*1H3;;;/q;;;;;;;;;9*-1;3*+3. The summed E-state index contributed by atoms with van der Waals surface area (Å²) in [6, 6.07) is 0. The van der Waals surface area contributed by atoms with Crippen molar-refractivity contribution in [3.63, 3.8) is 0 Å². The molecule has 3 fully saturated rings. The van der Waals surface area contributed by atoms with Gasteiger partial charge in [0.15, 0.2) is 0 Å². The van der Waals surface area contributed by atoms with E-state index in [2.05, 4.69) is 149 Å². The minimum atomic E-state index is -0.724. The van der Waals surface area contributed by atoms with Crippen molar-refractivity contribution in [2.24, 2.45) is 17.3 Å². The molecule has 0 spiro atoms. The molecule has 62 heavy (non-hydrogen) atoms. The molecule has 387 valence electrons. The van der Waals surface area contributed by atoms with Crippen molar-refractivity contribution in [3.05, 3.63) is 44.6 Å². The average Bonchev–Trinajstić information content (AvgIpc) is 3.91. The van der Waals surface area contributed by atoms with E-state index in [1.165, 1.54) is 83.5 Å². The quantitative estimate of drug-likeness (QED) is 0.147. The van der Waals surface area contributed by atoms with E-state index in [1.54, 1.807) is 0 Å². The number of aliphatic hydroxyl groups excluding tert-OH is 3. The average molecular weight is 1190 g/mol. The van der Waals surface area contributed by atoms with Gasteiger partial charge < -0.3 is 74.3 Å². The fraction of sp³-hybridized carbons (Fsp3) is 0.820. The molecule has 3 saturated carbocycles. The summed E-state index contributed by atoms with van der Waals surface area (Å²) in [5.41, 5.74) is 3.95. The molecule has 0 saturated heterocycles. The molecule has 0 bridgehead atoms. The van der Waals surface area contributed by atoms with Crippen LogP contribution < -0.4 is 0 Å². The van der Waals surface area contributed by atoms with Crippen LogP contribution in [0.1, 0.15) is 153 Å². The van der Waals surface area contributed by atoms with Gasteiger partial charge in [0.2, 0.25) is 0 Å². The number of aliphatic hydroxyl groups is 3. The van der Waals surface area contributed by atoms with Crippen LogP contribution in [0.15, 0.2) is 0 Å². The molecule has 3 N–H and O–H groups in total. The van der Waals surface area contributed by atoms with E-state index in [4.69, 9.17) is 29.7 Å². The molecule has 0 atom stereocenters. The molecule has 0 aromatic heterocycles. The van der Waals surface area contributed by atoms with Crippen LogP contribution in [-0.4, -0.2) is 81.2 Å². The SMILES string of the molecule is CC(C)C.CC(C)C(C)(C)C.CCC.CO.CO.CO.C[Si](C)(C)C1CCCC1.C[Si](C)(C)C1CCCC1.C[Si](C)(C)C1CCCC1.[CH-]=O.[CH-]=O.[CH-]=O.[CH3-].[CH3-].[CH3-].[CH3-].[CH3-].[CH3-].[Mo+3].[Mo+3].[Mo+3]. The fourth-order valence-corrected chi connectivity index (χ4v) is 11.8. The van der Waals surface area contributed by atoms with Gasteiger partial charge in [-0.1, -0.05) is 212 Å². The normalized spacial score (nSPS) is 12.8. The first kappa shape index (κ1) is 120. The Kier molecular flexibility index (Phi) is 160. The van der Waals surface area contributed by atoms with Crippen molar-refractivity contribution < 1.29 is 92.9 Å². The Balaban J connectivity index is -0.0000000221. The predicted molar refractivity (Wildman–Crippen MR) is 291 cm³/mol. The summed E-state index contributed by atoms with van der Waals surface area (Å²) in [6.07, 6.45) is 19.5. The topological polar surface area (TPSA) is 112 Å². The zero-order valence-electron chi connectivity index (χ0n) is 47.6. The van der Waals surface area contributed by atoms with Gasteiger partial charge in [-0.15, -0.1) is 0 Å². The van der Waals surface area contributed by atoms with Crippen LogP contribution >= 0.6 is 0 Å². The Morgan fingerprint density at radius 3 is 0.532 bits per heavy atom. The number of carbonyl (C=O) groups excluding carboxylic acids is 3. The van der Waals surface area contributed by atoms with Crippen LogP contribution in [0.25, 0.3) is 0 Å². The molecular formula is C50H121Mo3O6Si3. The van der Waals surface area contributed by atoms with E-state index in [0.717, 1.165) is 49.8 Å². The second kappa shape index (κ2) is 82.7. The fourth-order valence-electron chi connectivity index (χ4n) is 5.38. The minimum absolute atomic E-state index is 0. The van der Waals surface area contributed by atoms with Crippen molar-refractivity contribution in [2.75, 3.05) is 21.3 Å². The second-order valence-corrected chi connectivity index (χ2v) is 35.6. The Bertz CT molecular complexity index is 569. The Hall–Kier alpha value is 1.61. The predicted octanol–water partition coefficient (Wildman–Crippen LogP) is 16.3.